The van der Waals surface area contributed by atoms with Crippen molar-refractivity contribution in [1.29, 1.82) is 0 Å². The number of piperidine rings is 1. The van der Waals surface area contributed by atoms with Gasteiger partial charge in [-0.1, -0.05) is 53.0 Å². The molecule has 1 N–H and O–H groups in total. The van der Waals surface area contributed by atoms with Crippen molar-refractivity contribution in [3.63, 3.8) is 0 Å². The number of amides is 1. The number of nitrogens with zero attached hydrogens (tertiary/aromatic N) is 1. The predicted octanol–water partition coefficient (Wildman–Crippen LogP) is 5.24. The summed E-state index contributed by atoms with van der Waals surface area (Å²) in [7, 11) is -3.64. The molecule has 1 aliphatic rings. The Morgan fingerprint density at radius 1 is 1.09 bits per heavy atom. The molecule has 1 aliphatic heterocycles. The van der Waals surface area contributed by atoms with Crippen molar-refractivity contribution in [3.05, 3.63) is 68.7 Å². The van der Waals surface area contributed by atoms with Crippen LogP contribution in [0.25, 0.3) is 0 Å². The molecule has 0 bridgehead atoms. The molecule has 10 heteroatoms. The maximum absolute atomic E-state index is 12.9. The van der Waals surface area contributed by atoms with E-state index in [4.69, 9.17) is 34.8 Å². The molecule has 1 heterocycles. The minimum absolute atomic E-state index is 0.104. The molecule has 0 spiro atoms. The molecule has 5 nitrogen and oxygen atoms in total. The molecule has 0 aromatic heterocycles. The van der Waals surface area contributed by atoms with Gasteiger partial charge in [-0.3, -0.25) is 4.79 Å². The van der Waals surface area contributed by atoms with Gasteiger partial charge in [-0.05, 0) is 42.7 Å². The van der Waals surface area contributed by atoms with E-state index in [1.807, 2.05) is 24.3 Å². The average molecular weight is 536 g/mol. The largest absolute Gasteiger partial charge is 0.355 e. The Morgan fingerprint density at radius 3 is 2.47 bits per heavy atom. The van der Waals surface area contributed by atoms with E-state index in [0.717, 1.165) is 11.5 Å². The number of nitrogens with one attached hydrogen (secondary N) is 1. The summed E-state index contributed by atoms with van der Waals surface area (Å²) in [6.07, 6.45) is 1.31. The monoisotopic (exact) mass is 534 g/mol. The lowest BCUT2D eigenvalue weighted by Crippen LogP contribution is -2.46. The van der Waals surface area contributed by atoms with Gasteiger partial charge in [-0.2, -0.15) is 11.8 Å². The summed E-state index contributed by atoms with van der Waals surface area (Å²) in [4.78, 5) is 12.6. The fourth-order valence-corrected chi connectivity index (χ4v) is 6.82. The van der Waals surface area contributed by atoms with Crippen LogP contribution in [0.5, 0.6) is 0 Å². The predicted molar refractivity (Wildman–Crippen MR) is 134 cm³/mol. The summed E-state index contributed by atoms with van der Waals surface area (Å²) in [6, 6.07) is 12.6. The van der Waals surface area contributed by atoms with Gasteiger partial charge in [0.2, 0.25) is 15.9 Å². The highest BCUT2D eigenvalue weighted by molar-refractivity contribution is 7.98. The Labute approximate surface area is 208 Å². The highest BCUT2D eigenvalue weighted by Gasteiger charge is 2.33. The number of halogens is 3. The molecule has 0 radical (unpaired) electrons. The first-order valence-corrected chi connectivity index (χ1v) is 14.2. The third kappa shape index (κ3) is 7.27. The molecule has 0 unspecified atom stereocenters. The van der Waals surface area contributed by atoms with Crippen LogP contribution in [0.1, 0.15) is 24.0 Å². The zero-order valence-corrected chi connectivity index (χ0v) is 21.3. The van der Waals surface area contributed by atoms with Gasteiger partial charge in [0.05, 0.1) is 11.7 Å². The maximum atomic E-state index is 12.9. The van der Waals surface area contributed by atoms with Crippen molar-refractivity contribution in [1.82, 2.24) is 9.62 Å². The zero-order chi connectivity index (χ0) is 23.1. The van der Waals surface area contributed by atoms with Crippen LogP contribution in [-0.2, 0) is 26.3 Å². The van der Waals surface area contributed by atoms with E-state index >= 15 is 0 Å². The van der Waals surface area contributed by atoms with Crippen LogP contribution in [0.15, 0.2) is 42.5 Å². The highest BCUT2D eigenvalue weighted by atomic mass is 35.5. The number of hydrogen-bond acceptors (Lipinski definition) is 4. The quantitative estimate of drug-likeness (QED) is 0.446. The SMILES string of the molecule is O=C(NCCSCc1ccc(Cl)cc1)[C@H]1CCCN(S(=O)(=O)Cc2c(Cl)cccc2Cl)C1. The van der Waals surface area contributed by atoms with E-state index in [9.17, 15) is 13.2 Å². The van der Waals surface area contributed by atoms with Crippen LogP contribution < -0.4 is 5.32 Å². The topological polar surface area (TPSA) is 66.5 Å². The molecule has 3 rings (SSSR count). The van der Waals surface area contributed by atoms with Crippen molar-refractivity contribution in [3.8, 4) is 0 Å². The second kappa shape index (κ2) is 12.0. The number of thioether (sulfide) groups is 1. The summed E-state index contributed by atoms with van der Waals surface area (Å²) in [5, 5.41) is 4.30. The Bertz CT molecular complexity index is 1010. The van der Waals surface area contributed by atoms with Crippen LogP contribution in [0.2, 0.25) is 15.1 Å². The summed E-state index contributed by atoms with van der Waals surface area (Å²) < 4.78 is 27.3. The van der Waals surface area contributed by atoms with Crippen LogP contribution in [0.4, 0.5) is 0 Å². The second-order valence-corrected chi connectivity index (χ2v) is 11.9. The standard InChI is InChI=1S/C22H25Cl3N2O3S2/c23-18-8-6-16(7-9-18)14-31-12-10-26-22(28)17-3-2-11-27(13-17)32(29,30)15-19-20(24)4-1-5-21(19)25/h1,4-9,17H,2-3,10-15H2,(H,26,28)/t17-/m0/s1. The van der Waals surface area contributed by atoms with Crippen molar-refractivity contribution in [2.24, 2.45) is 5.92 Å². The fourth-order valence-electron chi connectivity index (χ4n) is 3.51. The van der Waals surface area contributed by atoms with E-state index in [-0.39, 0.29) is 24.1 Å². The number of rotatable bonds is 9. The number of carbonyl (C=O) groups excluding carboxylic acids is 1. The van der Waals surface area contributed by atoms with E-state index in [0.29, 0.717) is 46.6 Å². The van der Waals surface area contributed by atoms with E-state index in [1.54, 1.807) is 30.0 Å². The van der Waals surface area contributed by atoms with Crippen LogP contribution in [-0.4, -0.2) is 44.0 Å². The third-order valence-electron chi connectivity index (χ3n) is 5.26. The molecule has 0 saturated carbocycles. The lowest BCUT2D eigenvalue weighted by atomic mass is 9.99. The normalized spacial score (nSPS) is 17.3. The second-order valence-electron chi connectivity index (χ2n) is 7.62. The van der Waals surface area contributed by atoms with Gasteiger partial charge >= 0.3 is 0 Å². The van der Waals surface area contributed by atoms with E-state index in [1.165, 1.54) is 9.87 Å². The molecule has 1 fully saturated rings. The molecule has 1 atom stereocenters. The summed E-state index contributed by atoms with van der Waals surface area (Å²) in [6.45, 7) is 1.11. The van der Waals surface area contributed by atoms with Gasteiger partial charge < -0.3 is 5.32 Å². The average Bonchev–Trinajstić information content (AvgIpc) is 2.77. The van der Waals surface area contributed by atoms with Gasteiger partial charge in [0.1, 0.15) is 0 Å². The third-order valence-corrected chi connectivity index (χ3v) is 9.03. The highest BCUT2D eigenvalue weighted by Crippen LogP contribution is 2.29. The first-order valence-electron chi connectivity index (χ1n) is 10.3. The number of sulfonamides is 1. The molecule has 1 saturated heterocycles. The smallest absolute Gasteiger partial charge is 0.224 e. The number of carbonyl (C=O) groups is 1. The maximum Gasteiger partial charge on any atom is 0.224 e. The van der Waals surface area contributed by atoms with E-state index < -0.39 is 10.0 Å². The Hall–Kier alpha value is -0.960. The lowest BCUT2D eigenvalue weighted by molar-refractivity contribution is -0.125. The van der Waals surface area contributed by atoms with Crippen molar-refractivity contribution in [2.45, 2.75) is 24.3 Å². The minimum Gasteiger partial charge on any atom is -0.355 e. The van der Waals surface area contributed by atoms with Crippen molar-refractivity contribution < 1.29 is 13.2 Å². The van der Waals surface area contributed by atoms with Crippen LogP contribution in [0.3, 0.4) is 0 Å². The van der Waals surface area contributed by atoms with E-state index in [2.05, 4.69) is 5.32 Å². The fraction of sp³-hybridized carbons (Fsp3) is 0.409. The van der Waals surface area contributed by atoms with Crippen molar-refractivity contribution in [2.75, 3.05) is 25.4 Å². The minimum atomic E-state index is -3.64. The zero-order valence-electron chi connectivity index (χ0n) is 17.4. The molecular weight excluding hydrogens is 511 g/mol. The van der Waals surface area contributed by atoms with Crippen LogP contribution in [0, 0.1) is 5.92 Å². The Morgan fingerprint density at radius 2 is 1.78 bits per heavy atom. The first-order chi connectivity index (χ1) is 15.3. The molecule has 0 aliphatic carbocycles. The van der Waals surface area contributed by atoms with Gasteiger partial charge in [-0.25, -0.2) is 12.7 Å². The Balaban J connectivity index is 1.47. The first kappa shape index (κ1) is 25.7. The lowest BCUT2D eigenvalue weighted by Gasteiger charge is -2.31. The molecule has 2 aromatic carbocycles. The van der Waals surface area contributed by atoms with Crippen molar-refractivity contribution >= 4 is 62.5 Å². The molecule has 174 valence electrons. The Kier molecular flexibility index (Phi) is 9.58. The molecule has 32 heavy (non-hydrogen) atoms. The van der Waals surface area contributed by atoms with Crippen LogP contribution >= 0.6 is 46.6 Å². The van der Waals surface area contributed by atoms with Gasteiger partial charge in [0.25, 0.3) is 0 Å². The molecule has 1 amide bonds. The molecular formula is C22H25Cl3N2O3S2. The summed E-state index contributed by atoms with van der Waals surface area (Å²) in [5.41, 5.74) is 1.57. The van der Waals surface area contributed by atoms with Gasteiger partial charge in [0, 0.05) is 51.8 Å². The molecule has 2 aromatic rings. The summed E-state index contributed by atoms with van der Waals surface area (Å²) >= 11 is 19.9. The number of benzene rings is 2. The summed E-state index contributed by atoms with van der Waals surface area (Å²) in [5.74, 6) is 0.872. The number of hydrogen-bond donors (Lipinski definition) is 1. The van der Waals surface area contributed by atoms with Gasteiger partial charge in [-0.15, -0.1) is 0 Å². The van der Waals surface area contributed by atoms with Gasteiger partial charge in [0.15, 0.2) is 0 Å².